The van der Waals surface area contributed by atoms with Crippen LogP contribution in [0.5, 0.6) is 5.75 Å². The van der Waals surface area contributed by atoms with Crippen LogP contribution in [0.3, 0.4) is 0 Å². The zero-order valence-corrected chi connectivity index (χ0v) is 14.5. The Hall–Kier alpha value is -3.35. The van der Waals surface area contributed by atoms with Gasteiger partial charge in [0.2, 0.25) is 5.91 Å². The fraction of sp³-hybridized carbons (Fsp3) is 0.211. The van der Waals surface area contributed by atoms with Crippen molar-refractivity contribution in [2.24, 2.45) is 5.73 Å². The summed E-state index contributed by atoms with van der Waals surface area (Å²) in [5, 5.41) is 2.61. The monoisotopic (exact) mass is 356 g/mol. The molecule has 0 aliphatic rings. The van der Waals surface area contributed by atoms with Gasteiger partial charge in [-0.1, -0.05) is 12.1 Å². The highest BCUT2D eigenvalue weighted by molar-refractivity contribution is 5.96. The summed E-state index contributed by atoms with van der Waals surface area (Å²) < 4.78 is 10.3. The SMILES string of the molecule is COc1cccc(CC(=O)OC(C)C(=O)Nc2ccc(C(N)=O)cc2)c1. The molecule has 2 aromatic carbocycles. The smallest absolute Gasteiger partial charge is 0.311 e. The first-order valence-corrected chi connectivity index (χ1v) is 7.92. The number of methoxy groups -OCH3 is 1. The second-order valence-corrected chi connectivity index (χ2v) is 5.59. The van der Waals surface area contributed by atoms with Crippen molar-refractivity contribution in [1.82, 2.24) is 0 Å². The standard InChI is InChI=1S/C19H20N2O5/c1-12(19(24)21-15-8-6-14(7-9-15)18(20)23)26-17(22)11-13-4-3-5-16(10-13)25-2/h3-10,12H,11H2,1-2H3,(H2,20,23)(H,21,24). The van der Waals surface area contributed by atoms with Crippen molar-refractivity contribution in [2.45, 2.75) is 19.4 Å². The molecular formula is C19H20N2O5. The van der Waals surface area contributed by atoms with Crippen molar-refractivity contribution >= 4 is 23.5 Å². The number of anilines is 1. The van der Waals surface area contributed by atoms with Gasteiger partial charge >= 0.3 is 5.97 Å². The Balaban J connectivity index is 1.89. The Morgan fingerprint density at radius 3 is 2.42 bits per heavy atom. The topological polar surface area (TPSA) is 108 Å². The molecule has 2 aromatic rings. The van der Waals surface area contributed by atoms with Crippen molar-refractivity contribution < 1.29 is 23.9 Å². The molecule has 3 N–H and O–H groups in total. The van der Waals surface area contributed by atoms with Crippen LogP contribution >= 0.6 is 0 Å². The summed E-state index contributed by atoms with van der Waals surface area (Å²) in [6.07, 6.45) is -0.939. The molecule has 2 rings (SSSR count). The average molecular weight is 356 g/mol. The Labute approximate surface area is 151 Å². The van der Waals surface area contributed by atoms with Gasteiger partial charge in [-0.15, -0.1) is 0 Å². The van der Waals surface area contributed by atoms with Crippen molar-refractivity contribution in [1.29, 1.82) is 0 Å². The van der Waals surface area contributed by atoms with Crippen molar-refractivity contribution in [3.8, 4) is 5.75 Å². The third-order valence-corrected chi connectivity index (χ3v) is 3.60. The Bertz CT molecular complexity index is 802. The number of hydrogen-bond acceptors (Lipinski definition) is 5. The lowest BCUT2D eigenvalue weighted by atomic mass is 10.1. The maximum atomic E-state index is 12.1. The van der Waals surface area contributed by atoms with Gasteiger partial charge in [-0.3, -0.25) is 14.4 Å². The molecule has 7 nitrogen and oxygen atoms in total. The average Bonchev–Trinajstić information content (AvgIpc) is 2.62. The van der Waals surface area contributed by atoms with Crippen LogP contribution in [-0.4, -0.2) is 31.0 Å². The molecule has 0 radical (unpaired) electrons. The second-order valence-electron chi connectivity index (χ2n) is 5.59. The Morgan fingerprint density at radius 1 is 1.12 bits per heavy atom. The number of esters is 1. The maximum Gasteiger partial charge on any atom is 0.311 e. The van der Waals surface area contributed by atoms with E-state index in [0.29, 0.717) is 17.0 Å². The van der Waals surface area contributed by atoms with E-state index in [1.165, 1.54) is 19.1 Å². The molecule has 2 amide bonds. The third-order valence-electron chi connectivity index (χ3n) is 3.60. The molecule has 0 saturated heterocycles. The molecule has 136 valence electrons. The van der Waals surface area contributed by atoms with E-state index < -0.39 is 23.9 Å². The summed E-state index contributed by atoms with van der Waals surface area (Å²) in [7, 11) is 1.54. The summed E-state index contributed by atoms with van der Waals surface area (Å²) >= 11 is 0. The highest BCUT2D eigenvalue weighted by Crippen LogP contribution is 2.14. The Morgan fingerprint density at radius 2 is 1.81 bits per heavy atom. The molecule has 7 heteroatoms. The minimum Gasteiger partial charge on any atom is -0.497 e. The van der Waals surface area contributed by atoms with Gasteiger partial charge in [0, 0.05) is 11.3 Å². The lowest BCUT2D eigenvalue weighted by Crippen LogP contribution is -2.30. The van der Waals surface area contributed by atoms with Crippen LogP contribution in [0.25, 0.3) is 0 Å². The number of nitrogens with one attached hydrogen (secondary N) is 1. The van der Waals surface area contributed by atoms with Crippen molar-refractivity contribution in [3.63, 3.8) is 0 Å². The number of amides is 2. The largest absolute Gasteiger partial charge is 0.497 e. The van der Waals surface area contributed by atoms with Crippen LogP contribution in [0, 0.1) is 0 Å². The molecule has 0 saturated carbocycles. The predicted octanol–water partition coefficient (Wildman–Crippen LogP) is 1.91. The first kappa shape index (κ1) is 19.0. The minimum absolute atomic E-state index is 0.0299. The van der Waals surface area contributed by atoms with Gasteiger partial charge < -0.3 is 20.5 Å². The van der Waals surface area contributed by atoms with E-state index >= 15 is 0 Å². The molecule has 26 heavy (non-hydrogen) atoms. The van der Waals surface area contributed by atoms with Crippen LogP contribution in [0.1, 0.15) is 22.8 Å². The van der Waals surface area contributed by atoms with E-state index in [1.807, 2.05) is 0 Å². The van der Waals surface area contributed by atoms with Gasteiger partial charge in [-0.25, -0.2) is 0 Å². The fourth-order valence-electron chi connectivity index (χ4n) is 2.20. The predicted molar refractivity (Wildman–Crippen MR) is 95.8 cm³/mol. The number of hydrogen-bond donors (Lipinski definition) is 2. The van der Waals surface area contributed by atoms with E-state index in [2.05, 4.69) is 5.32 Å². The van der Waals surface area contributed by atoms with Crippen LogP contribution in [0.2, 0.25) is 0 Å². The minimum atomic E-state index is -0.969. The molecular weight excluding hydrogens is 336 g/mol. The quantitative estimate of drug-likeness (QED) is 0.737. The van der Waals surface area contributed by atoms with Gasteiger partial charge in [0.1, 0.15) is 5.75 Å². The third kappa shape index (κ3) is 5.34. The van der Waals surface area contributed by atoms with Gasteiger partial charge in [0.05, 0.1) is 13.5 Å². The zero-order chi connectivity index (χ0) is 19.1. The van der Waals surface area contributed by atoms with Gasteiger partial charge in [-0.2, -0.15) is 0 Å². The highest BCUT2D eigenvalue weighted by Gasteiger charge is 2.18. The number of rotatable bonds is 7. The van der Waals surface area contributed by atoms with Crippen LogP contribution < -0.4 is 15.8 Å². The summed E-state index contributed by atoms with van der Waals surface area (Å²) in [6, 6.07) is 13.1. The number of nitrogens with two attached hydrogens (primary N) is 1. The molecule has 0 aromatic heterocycles. The molecule has 1 unspecified atom stereocenters. The molecule has 0 fully saturated rings. The molecule has 0 bridgehead atoms. The summed E-state index contributed by atoms with van der Waals surface area (Å²) in [6.45, 7) is 1.48. The number of ether oxygens (including phenoxy) is 2. The lowest BCUT2D eigenvalue weighted by molar-refractivity contribution is -0.152. The number of carbonyl (C=O) groups excluding carboxylic acids is 3. The van der Waals surface area contributed by atoms with Crippen LogP contribution in [0.15, 0.2) is 48.5 Å². The fourth-order valence-corrected chi connectivity index (χ4v) is 2.20. The van der Waals surface area contributed by atoms with Crippen LogP contribution in [-0.2, 0) is 20.7 Å². The molecule has 0 aliphatic heterocycles. The second kappa shape index (κ2) is 8.66. The van der Waals surface area contributed by atoms with E-state index in [4.69, 9.17) is 15.2 Å². The van der Waals surface area contributed by atoms with Crippen LogP contribution in [0.4, 0.5) is 5.69 Å². The maximum absolute atomic E-state index is 12.1. The van der Waals surface area contributed by atoms with E-state index in [1.54, 1.807) is 43.5 Å². The summed E-state index contributed by atoms with van der Waals surface area (Å²) in [5.41, 5.74) is 6.69. The normalized spacial score (nSPS) is 11.3. The van der Waals surface area contributed by atoms with E-state index in [0.717, 1.165) is 5.56 Å². The van der Waals surface area contributed by atoms with Crippen molar-refractivity contribution in [3.05, 3.63) is 59.7 Å². The Kier molecular flexibility index (Phi) is 6.32. The number of benzene rings is 2. The number of primary amides is 1. The van der Waals surface area contributed by atoms with E-state index in [-0.39, 0.29) is 6.42 Å². The first-order valence-electron chi connectivity index (χ1n) is 7.92. The summed E-state index contributed by atoms with van der Waals surface area (Å²) in [5.74, 6) is -0.913. The lowest BCUT2D eigenvalue weighted by Gasteiger charge is -2.14. The van der Waals surface area contributed by atoms with Gasteiger partial charge in [0.25, 0.3) is 5.91 Å². The molecule has 1 atom stereocenters. The van der Waals surface area contributed by atoms with Gasteiger partial charge in [-0.05, 0) is 48.9 Å². The molecule has 0 heterocycles. The highest BCUT2D eigenvalue weighted by atomic mass is 16.5. The molecule has 0 spiro atoms. The molecule has 0 aliphatic carbocycles. The first-order chi connectivity index (χ1) is 12.4. The summed E-state index contributed by atoms with van der Waals surface area (Å²) in [4.78, 5) is 35.1. The van der Waals surface area contributed by atoms with Gasteiger partial charge in [0.15, 0.2) is 6.10 Å². The van der Waals surface area contributed by atoms with Crippen molar-refractivity contribution in [2.75, 3.05) is 12.4 Å². The zero-order valence-electron chi connectivity index (χ0n) is 14.5. The number of carbonyl (C=O) groups is 3. The van der Waals surface area contributed by atoms with E-state index in [9.17, 15) is 14.4 Å².